The number of H-pyrrole nitrogens is 1. The van der Waals surface area contributed by atoms with E-state index in [-0.39, 0.29) is 0 Å². The van der Waals surface area contributed by atoms with Crippen LogP contribution in [-0.2, 0) is 0 Å². The number of pyridine rings is 1. The minimum Gasteiger partial charge on any atom is -0.355 e. The molecule has 1 aliphatic heterocycles. The molecule has 1 fully saturated rings. The van der Waals surface area contributed by atoms with Crippen molar-refractivity contribution in [1.82, 2.24) is 15.0 Å². The van der Waals surface area contributed by atoms with Crippen molar-refractivity contribution in [1.29, 1.82) is 5.26 Å². The van der Waals surface area contributed by atoms with Gasteiger partial charge >= 0.3 is 0 Å². The number of benzene rings is 1. The van der Waals surface area contributed by atoms with Crippen molar-refractivity contribution in [3.05, 3.63) is 53.0 Å². The number of anilines is 1. The molecule has 0 aliphatic carbocycles. The van der Waals surface area contributed by atoms with E-state index < -0.39 is 0 Å². The summed E-state index contributed by atoms with van der Waals surface area (Å²) in [7, 11) is 0. The fourth-order valence-electron chi connectivity index (χ4n) is 3.15. The molecule has 5 heteroatoms. The van der Waals surface area contributed by atoms with E-state index in [1.807, 2.05) is 38.1 Å². The third kappa shape index (κ3) is 2.23. The Labute approximate surface area is 134 Å². The largest absolute Gasteiger partial charge is 0.355 e. The minimum absolute atomic E-state index is 0.403. The van der Waals surface area contributed by atoms with Gasteiger partial charge in [-0.15, -0.1) is 0 Å². The number of para-hydroxylation sites is 2. The average molecular weight is 303 g/mol. The van der Waals surface area contributed by atoms with Gasteiger partial charge in [-0.2, -0.15) is 5.26 Å². The number of rotatable bonds is 2. The first kappa shape index (κ1) is 13.8. The van der Waals surface area contributed by atoms with Crippen LogP contribution in [0.1, 0.15) is 28.6 Å². The summed E-state index contributed by atoms with van der Waals surface area (Å²) in [6, 6.07) is 12.3. The predicted molar refractivity (Wildman–Crippen MR) is 89.5 cm³/mol. The lowest BCUT2D eigenvalue weighted by molar-refractivity contribution is 0.500. The Balaban J connectivity index is 1.54. The van der Waals surface area contributed by atoms with Gasteiger partial charge in [0.15, 0.2) is 0 Å². The lowest BCUT2D eigenvalue weighted by atomic mass is 9.99. The number of fused-ring (bicyclic) bond motifs is 1. The molecule has 0 amide bonds. The van der Waals surface area contributed by atoms with Crippen molar-refractivity contribution in [3.63, 3.8) is 0 Å². The number of imidazole rings is 1. The first-order valence-corrected chi connectivity index (χ1v) is 7.73. The monoisotopic (exact) mass is 303 g/mol. The van der Waals surface area contributed by atoms with Crippen molar-refractivity contribution in [3.8, 4) is 6.07 Å². The Bertz CT molecular complexity index is 872. The molecule has 0 unspecified atom stereocenters. The van der Waals surface area contributed by atoms with Gasteiger partial charge in [0, 0.05) is 13.1 Å². The van der Waals surface area contributed by atoms with Gasteiger partial charge in [0.05, 0.1) is 28.2 Å². The number of nitrogens with zero attached hydrogens (tertiary/aromatic N) is 4. The Morgan fingerprint density at radius 1 is 1.22 bits per heavy atom. The summed E-state index contributed by atoms with van der Waals surface area (Å²) in [5.74, 6) is 2.40. The molecule has 3 aromatic rings. The molecule has 4 rings (SSSR count). The highest BCUT2D eigenvalue weighted by Gasteiger charge is 2.31. The summed E-state index contributed by atoms with van der Waals surface area (Å²) in [5, 5.41) is 9.14. The van der Waals surface area contributed by atoms with E-state index in [1.54, 1.807) is 0 Å². The van der Waals surface area contributed by atoms with Crippen LogP contribution in [0.4, 0.5) is 5.82 Å². The second-order valence-electron chi connectivity index (χ2n) is 6.11. The van der Waals surface area contributed by atoms with E-state index in [1.165, 1.54) is 0 Å². The number of aromatic amines is 1. The summed E-state index contributed by atoms with van der Waals surface area (Å²) in [4.78, 5) is 14.9. The first-order chi connectivity index (χ1) is 11.2. The van der Waals surface area contributed by atoms with Crippen LogP contribution in [0.5, 0.6) is 0 Å². The molecule has 1 saturated heterocycles. The van der Waals surface area contributed by atoms with Gasteiger partial charge in [-0.25, -0.2) is 9.97 Å². The van der Waals surface area contributed by atoms with Crippen LogP contribution in [0.25, 0.3) is 11.0 Å². The molecule has 3 heterocycles. The third-order valence-electron chi connectivity index (χ3n) is 4.50. The first-order valence-electron chi connectivity index (χ1n) is 7.73. The quantitative estimate of drug-likeness (QED) is 0.790. The molecular weight excluding hydrogens is 286 g/mol. The van der Waals surface area contributed by atoms with Crippen LogP contribution < -0.4 is 4.90 Å². The SMILES string of the molecule is Cc1cc(N2CC(c3nc4ccccc4[nH]3)C2)nc(C)c1C#N. The van der Waals surface area contributed by atoms with E-state index >= 15 is 0 Å². The number of aryl methyl sites for hydroxylation is 2. The van der Waals surface area contributed by atoms with Crippen LogP contribution >= 0.6 is 0 Å². The molecule has 0 spiro atoms. The zero-order valence-electron chi connectivity index (χ0n) is 13.2. The molecule has 114 valence electrons. The van der Waals surface area contributed by atoms with Crippen LogP contribution in [0.2, 0.25) is 0 Å². The third-order valence-corrected chi connectivity index (χ3v) is 4.50. The maximum absolute atomic E-state index is 9.14. The van der Waals surface area contributed by atoms with Crippen molar-refractivity contribution in [2.24, 2.45) is 0 Å². The molecular formula is C18H17N5. The number of aromatic nitrogens is 3. The Hall–Kier alpha value is -2.87. The zero-order chi connectivity index (χ0) is 16.0. The fraction of sp³-hybridized carbons (Fsp3) is 0.278. The Kier molecular flexibility index (Phi) is 3.05. The van der Waals surface area contributed by atoms with Crippen molar-refractivity contribution >= 4 is 16.9 Å². The molecule has 1 aromatic carbocycles. The van der Waals surface area contributed by atoms with Crippen LogP contribution in [-0.4, -0.2) is 28.0 Å². The van der Waals surface area contributed by atoms with Crippen LogP contribution in [0.3, 0.4) is 0 Å². The topological polar surface area (TPSA) is 68.6 Å². The normalized spacial score (nSPS) is 14.7. The second kappa shape index (κ2) is 5.10. The van der Waals surface area contributed by atoms with E-state index in [9.17, 15) is 0 Å². The molecule has 5 nitrogen and oxygen atoms in total. The van der Waals surface area contributed by atoms with Gasteiger partial charge in [-0.05, 0) is 37.6 Å². The summed E-state index contributed by atoms with van der Waals surface area (Å²) in [6.07, 6.45) is 0. The van der Waals surface area contributed by atoms with Gasteiger partial charge in [0.1, 0.15) is 17.7 Å². The zero-order valence-corrected chi connectivity index (χ0v) is 13.2. The molecule has 1 aliphatic rings. The number of nitrogens with one attached hydrogen (secondary N) is 1. The predicted octanol–water partition coefficient (Wildman–Crippen LogP) is 3.05. The Morgan fingerprint density at radius 2 is 2.00 bits per heavy atom. The average Bonchev–Trinajstić information content (AvgIpc) is 2.88. The number of nitriles is 1. The highest BCUT2D eigenvalue weighted by atomic mass is 15.2. The highest BCUT2D eigenvalue weighted by Crippen LogP contribution is 2.31. The van der Waals surface area contributed by atoms with Crippen LogP contribution in [0.15, 0.2) is 30.3 Å². The summed E-state index contributed by atoms with van der Waals surface area (Å²) in [5.41, 5.74) is 4.58. The van der Waals surface area contributed by atoms with Gasteiger partial charge in [-0.1, -0.05) is 12.1 Å². The number of hydrogen-bond donors (Lipinski definition) is 1. The summed E-state index contributed by atoms with van der Waals surface area (Å²) >= 11 is 0. The van der Waals surface area contributed by atoms with Gasteiger partial charge < -0.3 is 9.88 Å². The fourth-order valence-corrected chi connectivity index (χ4v) is 3.15. The molecule has 0 radical (unpaired) electrons. The number of hydrogen-bond acceptors (Lipinski definition) is 4. The molecule has 0 bridgehead atoms. The second-order valence-corrected chi connectivity index (χ2v) is 6.11. The standard InChI is InChI=1S/C18H17N5/c1-11-7-17(20-12(2)14(11)8-19)23-9-13(10-23)18-21-15-5-3-4-6-16(15)22-18/h3-7,13H,9-10H2,1-2H3,(H,21,22). The maximum atomic E-state index is 9.14. The van der Waals surface area contributed by atoms with E-state index in [4.69, 9.17) is 5.26 Å². The van der Waals surface area contributed by atoms with Crippen LogP contribution in [0, 0.1) is 25.2 Å². The smallest absolute Gasteiger partial charge is 0.129 e. The molecule has 0 atom stereocenters. The summed E-state index contributed by atoms with van der Waals surface area (Å²) in [6.45, 7) is 5.66. The van der Waals surface area contributed by atoms with Crippen molar-refractivity contribution in [2.75, 3.05) is 18.0 Å². The highest BCUT2D eigenvalue weighted by molar-refractivity contribution is 5.75. The van der Waals surface area contributed by atoms with Crippen molar-refractivity contribution in [2.45, 2.75) is 19.8 Å². The van der Waals surface area contributed by atoms with Gasteiger partial charge in [-0.3, -0.25) is 0 Å². The maximum Gasteiger partial charge on any atom is 0.129 e. The van der Waals surface area contributed by atoms with Gasteiger partial charge in [0.25, 0.3) is 0 Å². The van der Waals surface area contributed by atoms with E-state index in [0.717, 1.165) is 47.0 Å². The minimum atomic E-state index is 0.403. The Morgan fingerprint density at radius 3 is 2.70 bits per heavy atom. The molecule has 2 aromatic heterocycles. The molecule has 0 saturated carbocycles. The summed E-state index contributed by atoms with van der Waals surface area (Å²) < 4.78 is 0. The lowest BCUT2D eigenvalue weighted by Gasteiger charge is -2.39. The lowest BCUT2D eigenvalue weighted by Crippen LogP contribution is -2.46. The molecule has 1 N–H and O–H groups in total. The van der Waals surface area contributed by atoms with Gasteiger partial charge in [0.2, 0.25) is 0 Å². The molecule has 23 heavy (non-hydrogen) atoms. The van der Waals surface area contributed by atoms with E-state index in [2.05, 4.69) is 32.0 Å². The van der Waals surface area contributed by atoms with Crippen molar-refractivity contribution < 1.29 is 0 Å². The van der Waals surface area contributed by atoms with E-state index in [0.29, 0.717) is 11.5 Å².